The summed E-state index contributed by atoms with van der Waals surface area (Å²) in [5.74, 6) is 1.10. The Morgan fingerprint density at radius 1 is 1.14 bits per heavy atom. The van der Waals surface area contributed by atoms with Crippen molar-refractivity contribution < 1.29 is 14.4 Å². The van der Waals surface area contributed by atoms with E-state index in [-0.39, 0.29) is 5.91 Å². The topological polar surface area (TPSA) is 46.9 Å². The predicted molar refractivity (Wildman–Crippen MR) is 112 cm³/mol. The number of para-hydroxylation sites is 2. The molecule has 2 heterocycles. The number of fused-ring (bicyclic) bond motifs is 1. The van der Waals surface area contributed by atoms with Crippen molar-refractivity contribution in [3.05, 3.63) is 59.1 Å². The number of thiazole rings is 1. The monoisotopic (exact) mass is 396 g/mol. The molecule has 0 saturated carbocycles. The molecule has 1 N–H and O–H groups in total. The van der Waals surface area contributed by atoms with Crippen molar-refractivity contribution in [1.82, 2.24) is 9.88 Å². The number of quaternary nitrogens is 1. The Kier molecular flexibility index (Phi) is 5.88. The van der Waals surface area contributed by atoms with Crippen LogP contribution in [-0.2, 0) is 17.8 Å². The Balaban J connectivity index is 1.27. The normalized spacial score (nSPS) is 15.1. The number of piperazine rings is 1. The molecule has 0 unspecified atom stereocenters. The van der Waals surface area contributed by atoms with Crippen LogP contribution in [0.2, 0.25) is 0 Å². The number of amides is 1. The van der Waals surface area contributed by atoms with Gasteiger partial charge in [-0.2, -0.15) is 0 Å². The predicted octanol–water partition coefficient (Wildman–Crippen LogP) is 2.16. The average Bonchev–Trinajstić information content (AvgIpc) is 3.15. The molecule has 146 valence electrons. The number of aryl methyl sites for hydroxylation is 1. The summed E-state index contributed by atoms with van der Waals surface area (Å²) < 4.78 is 6.63. The number of ether oxygens (including phenoxy) is 1. The molecule has 1 fully saturated rings. The molecule has 28 heavy (non-hydrogen) atoms. The minimum atomic E-state index is 0.241. The van der Waals surface area contributed by atoms with Gasteiger partial charge in [0.15, 0.2) is 0 Å². The largest absolute Gasteiger partial charge is 0.496 e. The first-order valence-electron chi connectivity index (χ1n) is 9.80. The number of nitrogens with zero attached hydrogens (tertiary/aromatic N) is 2. The summed E-state index contributed by atoms with van der Waals surface area (Å²) in [6.07, 6.45) is 1.26. The van der Waals surface area contributed by atoms with Crippen LogP contribution < -0.4 is 9.64 Å². The molecule has 0 radical (unpaired) electrons. The van der Waals surface area contributed by atoms with Crippen LogP contribution in [0.4, 0.5) is 0 Å². The highest BCUT2D eigenvalue weighted by Crippen LogP contribution is 2.21. The lowest BCUT2D eigenvalue weighted by molar-refractivity contribution is -0.917. The number of methoxy groups -OCH3 is 1. The average molecular weight is 397 g/mol. The van der Waals surface area contributed by atoms with Crippen molar-refractivity contribution in [2.45, 2.75) is 19.4 Å². The fourth-order valence-corrected chi connectivity index (χ4v) is 4.81. The van der Waals surface area contributed by atoms with Crippen molar-refractivity contribution in [3.63, 3.8) is 0 Å². The molecule has 0 bridgehead atoms. The van der Waals surface area contributed by atoms with Gasteiger partial charge in [-0.15, -0.1) is 11.3 Å². The van der Waals surface area contributed by atoms with Gasteiger partial charge < -0.3 is 14.5 Å². The molecule has 0 aliphatic carbocycles. The van der Waals surface area contributed by atoms with Crippen molar-refractivity contribution in [2.24, 2.45) is 0 Å². The van der Waals surface area contributed by atoms with Gasteiger partial charge >= 0.3 is 0 Å². The van der Waals surface area contributed by atoms with E-state index < -0.39 is 0 Å². The number of hydrogen-bond acceptors (Lipinski definition) is 4. The van der Waals surface area contributed by atoms with Crippen molar-refractivity contribution in [3.8, 4) is 5.75 Å². The Labute approximate surface area is 169 Å². The Morgan fingerprint density at radius 2 is 1.89 bits per heavy atom. The fraction of sp³-hybridized carbons (Fsp3) is 0.364. The second-order valence-electron chi connectivity index (χ2n) is 7.19. The third kappa shape index (κ3) is 4.34. The first-order chi connectivity index (χ1) is 13.7. The fourth-order valence-electron chi connectivity index (χ4n) is 3.77. The molecule has 1 aliphatic rings. The molecule has 3 aromatic rings. The van der Waals surface area contributed by atoms with Crippen LogP contribution in [0.5, 0.6) is 5.75 Å². The highest BCUT2D eigenvalue weighted by atomic mass is 32.1. The molecule has 6 heteroatoms. The second-order valence-corrected chi connectivity index (χ2v) is 8.31. The van der Waals surface area contributed by atoms with Gasteiger partial charge in [0.05, 0.1) is 43.5 Å². The summed E-state index contributed by atoms with van der Waals surface area (Å²) in [7, 11) is 1.67. The number of nitrogens with one attached hydrogen (secondary N) is 1. The number of aromatic nitrogens is 1. The maximum atomic E-state index is 12.6. The van der Waals surface area contributed by atoms with Gasteiger partial charge in [0.1, 0.15) is 17.3 Å². The molecule has 2 aromatic carbocycles. The van der Waals surface area contributed by atoms with Gasteiger partial charge in [-0.3, -0.25) is 4.79 Å². The molecule has 1 amide bonds. The zero-order valence-electron chi connectivity index (χ0n) is 16.2. The highest BCUT2D eigenvalue weighted by Gasteiger charge is 2.24. The van der Waals surface area contributed by atoms with Crippen LogP contribution in [0.3, 0.4) is 0 Å². The summed E-state index contributed by atoms with van der Waals surface area (Å²) in [5, 5.41) is 1.19. The van der Waals surface area contributed by atoms with Crippen molar-refractivity contribution >= 4 is 27.5 Å². The Morgan fingerprint density at radius 3 is 2.68 bits per heavy atom. The zero-order valence-corrected chi connectivity index (χ0v) is 17.0. The van der Waals surface area contributed by atoms with Gasteiger partial charge in [0.25, 0.3) is 0 Å². The zero-order chi connectivity index (χ0) is 19.3. The van der Waals surface area contributed by atoms with E-state index in [1.165, 1.54) is 14.6 Å². The summed E-state index contributed by atoms with van der Waals surface area (Å²) in [5.41, 5.74) is 2.19. The SMILES string of the molecule is COc1ccccc1CCC(=O)N1CC[NH+](Cc2nc3ccccc3s2)CC1. The number of hydrogen-bond donors (Lipinski definition) is 1. The van der Waals surface area contributed by atoms with E-state index >= 15 is 0 Å². The first kappa shape index (κ1) is 18.9. The van der Waals surface area contributed by atoms with E-state index in [1.54, 1.807) is 18.4 Å². The van der Waals surface area contributed by atoms with Crippen LogP contribution >= 0.6 is 11.3 Å². The number of carbonyl (C=O) groups is 1. The van der Waals surface area contributed by atoms with Crippen LogP contribution in [-0.4, -0.2) is 49.1 Å². The van der Waals surface area contributed by atoms with Crippen LogP contribution in [0.1, 0.15) is 17.0 Å². The molecule has 5 nitrogen and oxygen atoms in total. The van der Waals surface area contributed by atoms with Crippen LogP contribution in [0.15, 0.2) is 48.5 Å². The van der Waals surface area contributed by atoms with Crippen LogP contribution in [0.25, 0.3) is 10.2 Å². The number of carbonyl (C=O) groups excluding carboxylic acids is 1. The minimum absolute atomic E-state index is 0.241. The van der Waals surface area contributed by atoms with E-state index in [0.717, 1.165) is 56.0 Å². The lowest BCUT2D eigenvalue weighted by atomic mass is 10.1. The second kappa shape index (κ2) is 8.71. The summed E-state index contributed by atoms with van der Waals surface area (Å²) >= 11 is 1.78. The van der Waals surface area contributed by atoms with Gasteiger partial charge in [0, 0.05) is 6.42 Å². The lowest BCUT2D eigenvalue weighted by Crippen LogP contribution is -3.13. The molecule has 1 aromatic heterocycles. The third-order valence-electron chi connectivity index (χ3n) is 5.36. The molecule has 1 saturated heterocycles. The van der Waals surface area contributed by atoms with Crippen LogP contribution in [0, 0.1) is 0 Å². The number of benzene rings is 2. The maximum Gasteiger partial charge on any atom is 0.223 e. The molecule has 4 rings (SSSR count). The first-order valence-corrected chi connectivity index (χ1v) is 10.6. The van der Waals surface area contributed by atoms with Crippen molar-refractivity contribution in [2.75, 3.05) is 33.3 Å². The number of rotatable bonds is 6. The standard InChI is InChI=1S/C22H25N3O2S/c1-27-19-8-4-2-6-17(19)10-11-22(26)25-14-12-24(13-15-25)16-21-23-18-7-3-5-9-20(18)28-21/h2-9H,10-16H2,1H3/p+1. The smallest absolute Gasteiger partial charge is 0.223 e. The van der Waals surface area contributed by atoms with E-state index in [2.05, 4.69) is 18.2 Å². The third-order valence-corrected chi connectivity index (χ3v) is 6.40. The van der Waals surface area contributed by atoms with E-state index in [4.69, 9.17) is 9.72 Å². The van der Waals surface area contributed by atoms with Gasteiger partial charge in [-0.1, -0.05) is 30.3 Å². The summed E-state index contributed by atoms with van der Waals surface area (Å²) in [6.45, 7) is 4.56. The minimum Gasteiger partial charge on any atom is -0.496 e. The summed E-state index contributed by atoms with van der Waals surface area (Å²) in [6, 6.07) is 16.2. The van der Waals surface area contributed by atoms with Gasteiger partial charge in [-0.05, 0) is 30.2 Å². The maximum absolute atomic E-state index is 12.6. The van der Waals surface area contributed by atoms with Gasteiger partial charge in [0.2, 0.25) is 5.91 Å². The molecule has 0 spiro atoms. The summed E-state index contributed by atoms with van der Waals surface area (Å²) in [4.78, 5) is 20.9. The molecule has 1 aliphatic heterocycles. The quantitative estimate of drug-likeness (QED) is 0.695. The molecular formula is C22H26N3O2S+. The van der Waals surface area contributed by atoms with E-state index in [1.807, 2.05) is 35.2 Å². The Bertz CT molecular complexity index is 915. The molecular weight excluding hydrogens is 370 g/mol. The van der Waals surface area contributed by atoms with Gasteiger partial charge in [-0.25, -0.2) is 4.98 Å². The lowest BCUT2D eigenvalue weighted by Gasteiger charge is -2.32. The van der Waals surface area contributed by atoms with E-state index in [0.29, 0.717) is 6.42 Å². The Hall–Kier alpha value is -2.44. The molecule has 0 atom stereocenters. The van der Waals surface area contributed by atoms with Crippen molar-refractivity contribution in [1.29, 1.82) is 0 Å². The van der Waals surface area contributed by atoms with E-state index in [9.17, 15) is 4.79 Å². The highest BCUT2D eigenvalue weighted by molar-refractivity contribution is 7.18.